The molecule has 0 saturated carbocycles. The molecule has 2 aromatic carbocycles. The van der Waals surface area contributed by atoms with Crippen LogP contribution >= 0.6 is 34.8 Å². The van der Waals surface area contributed by atoms with Gasteiger partial charge < -0.3 is 9.80 Å². The zero-order valence-corrected chi connectivity index (χ0v) is 19.1. The number of nitrogens with zero attached hydrogens (tertiary/aromatic N) is 4. The lowest BCUT2D eigenvalue weighted by Crippen LogP contribution is -2.51. The van der Waals surface area contributed by atoms with Gasteiger partial charge in [-0.15, -0.1) is 0 Å². The van der Waals surface area contributed by atoms with Crippen LogP contribution in [-0.2, 0) is 0 Å². The van der Waals surface area contributed by atoms with Crippen molar-refractivity contribution in [3.05, 3.63) is 87.1 Å². The number of halogens is 3. The van der Waals surface area contributed by atoms with E-state index in [2.05, 4.69) is 14.9 Å². The van der Waals surface area contributed by atoms with E-state index < -0.39 is 0 Å². The maximum Gasteiger partial charge on any atom is 0.253 e. The molecule has 1 aromatic heterocycles. The Morgan fingerprint density at radius 1 is 1.03 bits per heavy atom. The van der Waals surface area contributed by atoms with Crippen LogP contribution < -0.4 is 4.90 Å². The van der Waals surface area contributed by atoms with Crippen LogP contribution in [0.15, 0.2) is 60.9 Å². The summed E-state index contributed by atoms with van der Waals surface area (Å²) in [6, 6.07) is 14.4. The van der Waals surface area contributed by atoms with Gasteiger partial charge in [0, 0.05) is 55.1 Å². The van der Waals surface area contributed by atoms with Gasteiger partial charge in [-0.2, -0.15) is 0 Å². The van der Waals surface area contributed by atoms with E-state index in [1.54, 1.807) is 48.8 Å². The molecule has 0 radical (unpaired) electrons. The van der Waals surface area contributed by atoms with Crippen molar-refractivity contribution in [2.75, 3.05) is 25.0 Å². The quantitative estimate of drug-likeness (QED) is 0.495. The van der Waals surface area contributed by atoms with Gasteiger partial charge in [0.15, 0.2) is 0 Å². The van der Waals surface area contributed by atoms with E-state index in [4.69, 9.17) is 34.8 Å². The monoisotopic (exact) mass is 474 g/mol. The first kappa shape index (κ1) is 21.9. The molecule has 3 aromatic rings. The molecule has 1 aliphatic heterocycles. The minimum atomic E-state index is -0.0452. The summed E-state index contributed by atoms with van der Waals surface area (Å²) < 4.78 is 0. The van der Waals surface area contributed by atoms with Crippen molar-refractivity contribution in [3.8, 4) is 0 Å². The Hall–Kier alpha value is -2.34. The number of benzene rings is 2. The summed E-state index contributed by atoms with van der Waals surface area (Å²) in [5, 5.41) is 1.60. The third-order valence-corrected chi connectivity index (χ3v) is 6.68. The van der Waals surface area contributed by atoms with Crippen LogP contribution in [0.4, 0.5) is 5.95 Å². The average Bonchev–Trinajstić information content (AvgIpc) is 2.80. The van der Waals surface area contributed by atoms with Crippen LogP contribution in [0.25, 0.3) is 0 Å². The largest absolute Gasteiger partial charge is 0.340 e. The predicted molar refractivity (Wildman–Crippen MR) is 125 cm³/mol. The van der Waals surface area contributed by atoms with Crippen LogP contribution in [0, 0.1) is 0 Å². The number of hydrogen-bond donors (Lipinski definition) is 0. The molecule has 1 saturated heterocycles. The molecule has 1 amide bonds. The summed E-state index contributed by atoms with van der Waals surface area (Å²) in [4.78, 5) is 26.0. The van der Waals surface area contributed by atoms with Crippen LogP contribution in [0.5, 0.6) is 0 Å². The summed E-state index contributed by atoms with van der Waals surface area (Å²) in [5.74, 6) is 0.641. The molecule has 160 valence electrons. The summed E-state index contributed by atoms with van der Waals surface area (Å²) in [5.41, 5.74) is 1.63. The number of piperidine rings is 1. The van der Waals surface area contributed by atoms with E-state index in [0.29, 0.717) is 33.1 Å². The smallest absolute Gasteiger partial charge is 0.253 e. The SMILES string of the molecule is CN(C(=O)c1ccc(Cl)cc1)[C@@H]1CCN(c2ncccn2)C[C@H]1c1ccc(Cl)c(Cl)c1. The topological polar surface area (TPSA) is 49.3 Å². The van der Waals surface area contributed by atoms with E-state index in [1.165, 1.54) is 0 Å². The highest BCUT2D eigenvalue weighted by Gasteiger charge is 2.36. The standard InChI is InChI=1S/C23H21Cl3N4O/c1-29(22(31)15-3-6-17(24)7-4-15)21-9-12-30(23-27-10-2-11-28-23)14-18(21)16-5-8-19(25)20(26)13-16/h2-8,10-11,13,18,21H,9,12,14H2,1H3/t18-,21+/m0/s1. The Balaban J connectivity index is 1.65. The molecular formula is C23H21Cl3N4O. The van der Waals surface area contributed by atoms with Crippen molar-refractivity contribution in [1.82, 2.24) is 14.9 Å². The molecule has 0 unspecified atom stereocenters. The third-order valence-electron chi connectivity index (χ3n) is 5.69. The van der Waals surface area contributed by atoms with Crippen LogP contribution in [-0.4, -0.2) is 47.0 Å². The number of carbonyl (C=O) groups excluding carboxylic acids is 1. The van der Waals surface area contributed by atoms with Gasteiger partial charge >= 0.3 is 0 Å². The van der Waals surface area contributed by atoms with Crippen LogP contribution in [0.2, 0.25) is 15.1 Å². The Bertz CT molecular complexity index is 1060. The summed E-state index contributed by atoms with van der Waals surface area (Å²) in [7, 11) is 1.85. The van der Waals surface area contributed by atoms with E-state index in [1.807, 2.05) is 24.1 Å². The maximum atomic E-state index is 13.2. The molecule has 2 heterocycles. The Labute approximate surface area is 196 Å². The second kappa shape index (κ2) is 9.43. The number of rotatable bonds is 4. The lowest BCUT2D eigenvalue weighted by molar-refractivity contribution is 0.0687. The predicted octanol–water partition coefficient (Wildman–Crippen LogP) is 5.57. The molecule has 31 heavy (non-hydrogen) atoms. The molecule has 4 rings (SSSR count). The molecular weight excluding hydrogens is 455 g/mol. The van der Waals surface area contributed by atoms with Crippen molar-refractivity contribution < 1.29 is 4.79 Å². The summed E-state index contributed by atoms with van der Waals surface area (Å²) in [6.07, 6.45) is 4.23. The Morgan fingerprint density at radius 3 is 2.42 bits per heavy atom. The van der Waals surface area contributed by atoms with E-state index >= 15 is 0 Å². The van der Waals surface area contributed by atoms with Gasteiger partial charge in [-0.1, -0.05) is 40.9 Å². The minimum Gasteiger partial charge on any atom is -0.340 e. The van der Waals surface area contributed by atoms with Gasteiger partial charge in [0.05, 0.1) is 10.0 Å². The van der Waals surface area contributed by atoms with Gasteiger partial charge in [-0.05, 0) is 54.4 Å². The van der Waals surface area contributed by atoms with Crippen molar-refractivity contribution in [3.63, 3.8) is 0 Å². The molecule has 8 heteroatoms. The first-order valence-electron chi connectivity index (χ1n) is 9.93. The Morgan fingerprint density at radius 2 is 1.74 bits per heavy atom. The number of likely N-dealkylation sites (N-methyl/N-ethyl adjacent to an activating group) is 1. The highest BCUT2D eigenvalue weighted by atomic mass is 35.5. The molecule has 2 atom stereocenters. The molecule has 1 fully saturated rings. The molecule has 1 aliphatic rings. The van der Waals surface area contributed by atoms with E-state index in [-0.39, 0.29) is 17.9 Å². The van der Waals surface area contributed by atoms with Crippen LogP contribution in [0.3, 0.4) is 0 Å². The molecule has 0 aliphatic carbocycles. The van der Waals surface area contributed by atoms with Crippen molar-refractivity contribution in [2.45, 2.75) is 18.4 Å². The normalized spacial score (nSPS) is 18.6. The second-order valence-corrected chi connectivity index (χ2v) is 8.80. The van der Waals surface area contributed by atoms with Gasteiger partial charge in [-0.3, -0.25) is 4.79 Å². The van der Waals surface area contributed by atoms with Gasteiger partial charge in [0.2, 0.25) is 5.95 Å². The molecule has 0 N–H and O–H groups in total. The zero-order chi connectivity index (χ0) is 22.0. The summed E-state index contributed by atoms with van der Waals surface area (Å²) in [6.45, 7) is 1.40. The number of hydrogen-bond acceptors (Lipinski definition) is 4. The van der Waals surface area contributed by atoms with Crippen molar-refractivity contribution >= 4 is 46.7 Å². The zero-order valence-electron chi connectivity index (χ0n) is 16.9. The highest BCUT2D eigenvalue weighted by molar-refractivity contribution is 6.42. The minimum absolute atomic E-state index is 0.00794. The fourth-order valence-corrected chi connectivity index (χ4v) is 4.49. The van der Waals surface area contributed by atoms with Gasteiger partial charge in [0.25, 0.3) is 5.91 Å². The maximum absolute atomic E-state index is 13.2. The second-order valence-electron chi connectivity index (χ2n) is 7.55. The number of aromatic nitrogens is 2. The van der Waals surface area contributed by atoms with Gasteiger partial charge in [-0.25, -0.2) is 9.97 Å². The fourth-order valence-electron chi connectivity index (χ4n) is 4.06. The van der Waals surface area contributed by atoms with Crippen molar-refractivity contribution in [1.29, 1.82) is 0 Å². The molecule has 0 bridgehead atoms. The summed E-state index contributed by atoms with van der Waals surface area (Å²) >= 11 is 18.5. The number of anilines is 1. The lowest BCUT2D eigenvalue weighted by atomic mass is 9.85. The third kappa shape index (κ3) is 4.79. The fraction of sp³-hybridized carbons (Fsp3) is 0.261. The number of amides is 1. The molecule has 5 nitrogen and oxygen atoms in total. The highest BCUT2D eigenvalue weighted by Crippen LogP contribution is 2.35. The van der Waals surface area contributed by atoms with Crippen LogP contribution in [0.1, 0.15) is 28.3 Å². The number of carbonyl (C=O) groups is 1. The lowest BCUT2D eigenvalue weighted by Gasteiger charge is -2.43. The average molecular weight is 476 g/mol. The van der Waals surface area contributed by atoms with Gasteiger partial charge in [0.1, 0.15) is 0 Å². The van der Waals surface area contributed by atoms with E-state index in [9.17, 15) is 4.79 Å². The molecule has 0 spiro atoms. The van der Waals surface area contributed by atoms with Crippen molar-refractivity contribution in [2.24, 2.45) is 0 Å². The first-order chi connectivity index (χ1) is 14.9. The first-order valence-corrected chi connectivity index (χ1v) is 11.1. The van der Waals surface area contributed by atoms with E-state index in [0.717, 1.165) is 18.5 Å². The Kier molecular flexibility index (Phi) is 6.65.